The summed E-state index contributed by atoms with van der Waals surface area (Å²) < 4.78 is 1.77. The van der Waals surface area contributed by atoms with Crippen LogP contribution >= 0.6 is 11.6 Å². The molecule has 1 amide bonds. The number of hydrogen-bond acceptors (Lipinski definition) is 4. The average molecular weight is 323 g/mol. The summed E-state index contributed by atoms with van der Waals surface area (Å²) >= 11 is 5.85. The van der Waals surface area contributed by atoms with Gasteiger partial charge in [0.25, 0.3) is 0 Å². The second kappa shape index (κ2) is 7.26. The lowest BCUT2D eigenvalue weighted by Gasteiger charge is -2.17. The minimum absolute atomic E-state index is 0.00769. The molecule has 0 radical (unpaired) electrons. The fraction of sp³-hybridized carbons (Fsp3) is 0.400. The van der Waals surface area contributed by atoms with Gasteiger partial charge < -0.3 is 10.4 Å². The van der Waals surface area contributed by atoms with Crippen molar-refractivity contribution in [2.75, 3.05) is 0 Å². The van der Waals surface area contributed by atoms with E-state index in [0.29, 0.717) is 6.54 Å². The minimum atomic E-state index is -0.178. The van der Waals surface area contributed by atoms with E-state index in [-0.39, 0.29) is 29.1 Å². The molecular formula is C15H19ClN4O2. The minimum Gasteiger partial charge on any atom is -0.506 e. The number of nitrogens with zero attached hydrogens (tertiary/aromatic N) is 3. The van der Waals surface area contributed by atoms with Crippen molar-refractivity contribution in [1.82, 2.24) is 20.1 Å². The molecule has 1 atom stereocenters. The molecule has 0 bridgehead atoms. The molecule has 0 aliphatic rings. The predicted octanol–water partition coefficient (Wildman–Crippen LogP) is 2.47. The summed E-state index contributed by atoms with van der Waals surface area (Å²) in [5.41, 5.74) is 0.743. The maximum atomic E-state index is 12.2. The number of phenols is 1. The number of aromatic nitrogens is 3. The predicted molar refractivity (Wildman–Crippen MR) is 83.7 cm³/mol. The van der Waals surface area contributed by atoms with Crippen molar-refractivity contribution in [2.24, 2.45) is 0 Å². The summed E-state index contributed by atoms with van der Waals surface area (Å²) in [4.78, 5) is 16.4. The van der Waals surface area contributed by atoms with Gasteiger partial charge in [0.05, 0.1) is 17.5 Å². The zero-order chi connectivity index (χ0) is 16.1. The first-order valence-electron chi connectivity index (χ1n) is 7.19. The third-order valence-corrected chi connectivity index (χ3v) is 3.68. The molecule has 1 aromatic carbocycles. The van der Waals surface area contributed by atoms with Crippen molar-refractivity contribution in [3.8, 4) is 5.75 Å². The Morgan fingerprint density at radius 3 is 2.86 bits per heavy atom. The van der Waals surface area contributed by atoms with Crippen LogP contribution in [-0.4, -0.2) is 25.8 Å². The number of benzene rings is 1. The highest BCUT2D eigenvalue weighted by Gasteiger charge is 2.18. The first-order chi connectivity index (χ1) is 10.5. The molecule has 118 valence electrons. The van der Waals surface area contributed by atoms with Gasteiger partial charge in [-0.15, -0.1) is 0 Å². The van der Waals surface area contributed by atoms with Crippen molar-refractivity contribution in [1.29, 1.82) is 0 Å². The molecule has 2 N–H and O–H groups in total. The molecule has 0 saturated heterocycles. The number of rotatable bonds is 6. The molecule has 22 heavy (non-hydrogen) atoms. The lowest BCUT2D eigenvalue weighted by atomic mass is 10.1. The zero-order valence-electron chi connectivity index (χ0n) is 12.6. The van der Waals surface area contributed by atoms with Gasteiger partial charge in [0.2, 0.25) is 5.91 Å². The van der Waals surface area contributed by atoms with Gasteiger partial charge in [-0.2, -0.15) is 5.10 Å². The number of aromatic hydroxyl groups is 1. The maximum absolute atomic E-state index is 12.2. The number of aryl methyl sites for hydroxylation is 1. The van der Waals surface area contributed by atoms with Crippen LogP contribution in [0, 0.1) is 0 Å². The van der Waals surface area contributed by atoms with E-state index in [1.807, 2.05) is 13.8 Å². The van der Waals surface area contributed by atoms with Crippen LogP contribution < -0.4 is 5.32 Å². The van der Waals surface area contributed by atoms with E-state index in [1.54, 1.807) is 16.8 Å². The van der Waals surface area contributed by atoms with Gasteiger partial charge in [-0.1, -0.05) is 24.6 Å². The van der Waals surface area contributed by atoms with Crippen LogP contribution in [0.2, 0.25) is 5.02 Å². The zero-order valence-corrected chi connectivity index (χ0v) is 13.3. The number of halogens is 1. The summed E-state index contributed by atoms with van der Waals surface area (Å²) in [5, 5.41) is 16.7. The average Bonchev–Trinajstić information content (AvgIpc) is 2.97. The fourth-order valence-electron chi connectivity index (χ4n) is 2.23. The lowest BCUT2D eigenvalue weighted by molar-refractivity contribution is -0.121. The van der Waals surface area contributed by atoms with Crippen molar-refractivity contribution in [2.45, 2.75) is 39.3 Å². The quantitative estimate of drug-likeness (QED) is 0.856. The van der Waals surface area contributed by atoms with Crippen LogP contribution in [0.15, 0.2) is 24.5 Å². The summed E-state index contributed by atoms with van der Waals surface area (Å²) in [6.07, 6.45) is 2.41. The van der Waals surface area contributed by atoms with Gasteiger partial charge in [0, 0.05) is 6.54 Å². The summed E-state index contributed by atoms with van der Waals surface area (Å²) in [6.45, 7) is 4.66. The highest BCUT2D eigenvalue weighted by molar-refractivity contribution is 6.32. The lowest BCUT2D eigenvalue weighted by Crippen LogP contribution is -2.31. The normalized spacial score (nSPS) is 12.1. The van der Waals surface area contributed by atoms with Crippen molar-refractivity contribution >= 4 is 17.5 Å². The van der Waals surface area contributed by atoms with Crippen LogP contribution in [0.5, 0.6) is 5.75 Å². The summed E-state index contributed by atoms with van der Waals surface area (Å²) in [7, 11) is 0. The Kier molecular flexibility index (Phi) is 5.38. The van der Waals surface area contributed by atoms with Gasteiger partial charge in [-0.25, -0.2) is 9.67 Å². The monoisotopic (exact) mass is 322 g/mol. The summed E-state index contributed by atoms with van der Waals surface area (Å²) in [5.74, 6) is 0.634. The van der Waals surface area contributed by atoms with Crippen LogP contribution in [-0.2, 0) is 17.8 Å². The Hall–Kier alpha value is -2.08. The van der Waals surface area contributed by atoms with E-state index in [2.05, 4.69) is 15.4 Å². The molecule has 2 aromatic rings. The second-order valence-electron chi connectivity index (χ2n) is 4.92. The molecule has 2 rings (SSSR count). The Balaban J connectivity index is 2.04. The smallest absolute Gasteiger partial charge is 0.225 e. The molecule has 0 saturated carbocycles. The standard InChI is InChI=1S/C15H19ClN4O2/c1-3-12(15-17-9-18-20(15)4-2)19-14(22)8-10-5-6-13(21)11(16)7-10/h5-7,9,12,21H,3-4,8H2,1-2H3,(H,19,22). The third-order valence-electron chi connectivity index (χ3n) is 3.38. The molecule has 1 heterocycles. The van der Waals surface area contributed by atoms with Crippen molar-refractivity contribution in [3.63, 3.8) is 0 Å². The van der Waals surface area contributed by atoms with Crippen LogP contribution in [0.25, 0.3) is 0 Å². The number of hydrogen-bond donors (Lipinski definition) is 2. The van der Waals surface area contributed by atoms with Crippen LogP contribution in [0.4, 0.5) is 0 Å². The van der Waals surface area contributed by atoms with E-state index in [0.717, 1.165) is 17.8 Å². The Bertz CT molecular complexity index is 657. The number of nitrogens with one attached hydrogen (secondary N) is 1. The summed E-state index contributed by atoms with van der Waals surface area (Å²) in [6, 6.07) is 4.57. The Labute approximate surface area is 134 Å². The van der Waals surface area contributed by atoms with E-state index in [1.165, 1.54) is 12.4 Å². The first-order valence-corrected chi connectivity index (χ1v) is 7.57. The Morgan fingerprint density at radius 1 is 1.45 bits per heavy atom. The van der Waals surface area contributed by atoms with Gasteiger partial charge >= 0.3 is 0 Å². The molecule has 0 aliphatic carbocycles. The Morgan fingerprint density at radius 2 is 2.23 bits per heavy atom. The molecule has 7 heteroatoms. The molecule has 0 fully saturated rings. The topological polar surface area (TPSA) is 80.0 Å². The number of carbonyl (C=O) groups is 1. The van der Waals surface area contributed by atoms with Crippen molar-refractivity contribution in [3.05, 3.63) is 40.9 Å². The van der Waals surface area contributed by atoms with E-state index < -0.39 is 0 Å². The molecular weight excluding hydrogens is 304 g/mol. The van der Waals surface area contributed by atoms with Gasteiger partial charge in [-0.05, 0) is 31.0 Å². The molecule has 6 nitrogen and oxygen atoms in total. The van der Waals surface area contributed by atoms with Crippen molar-refractivity contribution < 1.29 is 9.90 Å². The largest absolute Gasteiger partial charge is 0.506 e. The number of carbonyl (C=O) groups excluding carboxylic acids is 1. The molecule has 0 spiro atoms. The van der Waals surface area contributed by atoms with Crippen LogP contribution in [0.1, 0.15) is 37.7 Å². The number of amides is 1. The fourth-order valence-corrected chi connectivity index (χ4v) is 2.43. The highest BCUT2D eigenvalue weighted by atomic mass is 35.5. The van der Waals surface area contributed by atoms with Gasteiger partial charge in [0.1, 0.15) is 17.9 Å². The molecule has 0 aliphatic heterocycles. The first kappa shape index (κ1) is 16.3. The highest BCUT2D eigenvalue weighted by Crippen LogP contribution is 2.24. The second-order valence-corrected chi connectivity index (χ2v) is 5.33. The number of phenolic OH excluding ortho intramolecular Hbond substituents is 1. The van der Waals surface area contributed by atoms with E-state index in [4.69, 9.17) is 11.6 Å². The van der Waals surface area contributed by atoms with Gasteiger partial charge in [-0.3, -0.25) is 4.79 Å². The van der Waals surface area contributed by atoms with E-state index >= 15 is 0 Å². The third kappa shape index (κ3) is 3.76. The SMILES string of the molecule is CCC(NC(=O)Cc1ccc(O)c(Cl)c1)c1ncnn1CC. The van der Waals surface area contributed by atoms with Gasteiger partial charge in [0.15, 0.2) is 0 Å². The molecule has 1 aromatic heterocycles. The molecule has 1 unspecified atom stereocenters. The van der Waals surface area contributed by atoms with Crippen LogP contribution in [0.3, 0.4) is 0 Å². The van der Waals surface area contributed by atoms with E-state index in [9.17, 15) is 9.90 Å². The maximum Gasteiger partial charge on any atom is 0.225 e.